The van der Waals surface area contributed by atoms with E-state index in [2.05, 4.69) is 39.8 Å². The Morgan fingerprint density at radius 1 is 0.429 bits per heavy atom. The lowest BCUT2D eigenvalue weighted by Crippen LogP contribution is -2.23. The molecule has 8 heteroatoms. The number of pyridine rings is 2. The minimum atomic E-state index is -0.204. The summed E-state index contributed by atoms with van der Waals surface area (Å²) in [5.41, 5.74) is -0.408. The summed E-state index contributed by atoms with van der Waals surface area (Å²) >= 11 is 0. The molecule has 0 unspecified atom stereocenters. The summed E-state index contributed by atoms with van der Waals surface area (Å²) < 4.78 is 3.05. The summed E-state index contributed by atoms with van der Waals surface area (Å²) in [4.78, 5) is 39.3. The van der Waals surface area contributed by atoms with E-state index in [-0.39, 0.29) is 22.9 Å². The molecule has 2 heterocycles. The molecule has 7 aromatic rings. The molecule has 0 saturated heterocycles. The van der Waals surface area contributed by atoms with Crippen LogP contribution in [0, 0.1) is 0 Å². The molecule has 0 atom stereocenters. The number of hydrogen-bond donors (Lipinski definition) is 2. The zero-order valence-corrected chi connectivity index (χ0v) is 34.1. The van der Waals surface area contributed by atoms with Crippen LogP contribution in [0.5, 0.6) is 11.8 Å². The third-order valence-corrected chi connectivity index (χ3v) is 12.1. The summed E-state index contributed by atoms with van der Waals surface area (Å²) in [6, 6.07) is 11.9. The number of benzene rings is 5. The second-order valence-corrected chi connectivity index (χ2v) is 16.0. The molecule has 296 valence electrons. The predicted molar refractivity (Wildman–Crippen MR) is 234 cm³/mol. The largest absolute Gasteiger partial charge is 0.494 e. The molecule has 0 amide bonds. The van der Waals surface area contributed by atoms with Crippen molar-refractivity contribution in [3.8, 4) is 11.8 Å². The molecule has 0 aliphatic rings. The smallest absolute Gasteiger partial charge is 0.261 e. The molecule has 8 nitrogen and oxygen atoms in total. The van der Waals surface area contributed by atoms with Crippen LogP contribution in [0.25, 0.3) is 64.6 Å². The maximum atomic E-state index is 14.4. The first-order chi connectivity index (χ1) is 27.4. The lowest BCUT2D eigenvalue weighted by molar-refractivity contribution is 0.409. The molecule has 0 fully saturated rings. The van der Waals surface area contributed by atoms with Crippen LogP contribution in [0.2, 0.25) is 0 Å². The molecule has 0 bridgehead atoms. The Bertz CT molecular complexity index is 2540. The van der Waals surface area contributed by atoms with Gasteiger partial charge in [0.05, 0.1) is 21.5 Å². The Morgan fingerprint density at radius 2 is 0.786 bits per heavy atom. The van der Waals surface area contributed by atoms with Crippen molar-refractivity contribution in [3.63, 3.8) is 0 Å². The minimum absolute atomic E-state index is 0.00784. The van der Waals surface area contributed by atoms with Crippen molar-refractivity contribution in [1.82, 2.24) is 9.13 Å². The van der Waals surface area contributed by atoms with Crippen LogP contribution in [-0.2, 0) is 13.1 Å². The van der Waals surface area contributed by atoms with Crippen molar-refractivity contribution in [1.29, 1.82) is 0 Å². The molecule has 0 aliphatic heterocycles. The van der Waals surface area contributed by atoms with Gasteiger partial charge >= 0.3 is 0 Å². The van der Waals surface area contributed by atoms with E-state index in [1.165, 1.54) is 60.5 Å². The zero-order chi connectivity index (χ0) is 39.3. The molecule has 0 radical (unpaired) electrons. The Hall–Kier alpha value is -4.72. The molecule has 2 N–H and O–H groups in total. The number of fused-ring (bicyclic) bond motifs is 2. The highest BCUT2D eigenvalue weighted by atomic mass is 16.3. The van der Waals surface area contributed by atoms with E-state index >= 15 is 0 Å². The quantitative estimate of drug-likeness (QED) is 0.0458. The molecule has 0 spiro atoms. The van der Waals surface area contributed by atoms with Gasteiger partial charge in [0.25, 0.3) is 11.1 Å². The van der Waals surface area contributed by atoms with Gasteiger partial charge in [-0.05, 0) is 60.7 Å². The fraction of sp³-hybridized carbons (Fsp3) is 0.500. The summed E-state index contributed by atoms with van der Waals surface area (Å²) in [6.07, 6.45) is 17.2. The normalized spacial score (nSPS) is 13.1. The lowest BCUT2D eigenvalue weighted by atomic mass is 9.85. The Morgan fingerprint density at radius 3 is 1.18 bits per heavy atom. The van der Waals surface area contributed by atoms with Crippen molar-refractivity contribution in [2.75, 3.05) is 13.1 Å². The van der Waals surface area contributed by atoms with Gasteiger partial charge in [-0.15, -0.1) is 0 Å². The van der Waals surface area contributed by atoms with Crippen molar-refractivity contribution in [2.45, 2.75) is 144 Å². The van der Waals surface area contributed by atoms with Gasteiger partial charge < -0.3 is 10.2 Å². The van der Waals surface area contributed by atoms with Crippen molar-refractivity contribution in [3.05, 3.63) is 67.8 Å². The second kappa shape index (κ2) is 17.6. The van der Waals surface area contributed by atoms with Crippen LogP contribution in [0.4, 0.5) is 0 Å². The van der Waals surface area contributed by atoms with Crippen LogP contribution >= 0.6 is 0 Å². The summed E-state index contributed by atoms with van der Waals surface area (Å²) in [5, 5.41) is 34.3. The molecule has 0 aliphatic carbocycles. The highest BCUT2D eigenvalue weighted by Crippen LogP contribution is 2.44. The Labute approximate surface area is 329 Å². The standard InChI is InChI=1S/C48H60N4O4/c1-5-9-13-15-17-19-25-49-37-29-35-39-33(45(53)51(47(35)55)27-11-7-3)24-22-32-42-38(50-26-20-18-16-14-10-6-2)30-36-40-34(46(54)52(48(36)56)28-12-8-4)23-21-31(44(40)42)41(37)43(32)39/h21-24,29-30,53-54H,5-20,25-28H2,1-4H3. The molecule has 7 rings (SSSR count). The van der Waals surface area contributed by atoms with Crippen molar-refractivity contribution < 1.29 is 10.2 Å². The van der Waals surface area contributed by atoms with Gasteiger partial charge in [-0.1, -0.05) is 117 Å². The predicted octanol–water partition coefficient (Wildman–Crippen LogP) is 10.8. The highest BCUT2D eigenvalue weighted by Gasteiger charge is 2.25. The Kier molecular flexibility index (Phi) is 12.4. The van der Waals surface area contributed by atoms with E-state index in [0.29, 0.717) is 47.7 Å². The summed E-state index contributed by atoms with van der Waals surface area (Å²) in [5.74, 6) is -0.0157. The van der Waals surface area contributed by atoms with Gasteiger partial charge in [-0.2, -0.15) is 0 Å². The molecule has 0 saturated carbocycles. The second-order valence-electron chi connectivity index (χ2n) is 16.0. The fourth-order valence-electron chi connectivity index (χ4n) is 9.03. The third-order valence-electron chi connectivity index (χ3n) is 12.1. The molecular formula is C48H60N4O4. The minimum Gasteiger partial charge on any atom is -0.494 e. The fourth-order valence-corrected chi connectivity index (χ4v) is 9.03. The van der Waals surface area contributed by atoms with E-state index in [0.717, 1.165) is 105 Å². The topological polar surface area (TPSA) is 109 Å². The van der Waals surface area contributed by atoms with Crippen LogP contribution in [-0.4, -0.2) is 32.4 Å². The van der Waals surface area contributed by atoms with Crippen LogP contribution in [0.1, 0.15) is 130 Å². The molecule has 2 aromatic heterocycles. The van der Waals surface area contributed by atoms with Crippen LogP contribution < -0.4 is 21.8 Å². The zero-order valence-electron chi connectivity index (χ0n) is 34.1. The van der Waals surface area contributed by atoms with Gasteiger partial charge in [0.2, 0.25) is 11.8 Å². The molecule has 5 aromatic carbocycles. The van der Waals surface area contributed by atoms with E-state index in [1.807, 2.05) is 24.3 Å². The van der Waals surface area contributed by atoms with Gasteiger partial charge in [0.15, 0.2) is 0 Å². The van der Waals surface area contributed by atoms with Crippen molar-refractivity contribution in [2.24, 2.45) is 9.98 Å². The summed E-state index contributed by atoms with van der Waals surface area (Å²) in [7, 11) is 0. The lowest BCUT2D eigenvalue weighted by Gasteiger charge is -2.21. The number of hydrogen-bond acceptors (Lipinski definition) is 6. The molecule has 56 heavy (non-hydrogen) atoms. The number of nitrogens with zero attached hydrogens (tertiary/aromatic N) is 4. The van der Waals surface area contributed by atoms with E-state index in [1.54, 1.807) is 0 Å². The number of rotatable bonds is 20. The monoisotopic (exact) mass is 756 g/mol. The average molecular weight is 757 g/mol. The SMILES string of the molecule is CCCCCCCCN=c1cc2c(=O)n(CCCC)c(O)c3ccc4c5c(=NCCCCCCCC)cc6c(=O)n(CCCC)c(O)c7ccc(c1c4c32)c5c76. The van der Waals surface area contributed by atoms with Crippen LogP contribution in [0.3, 0.4) is 0 Å². The third kappa shape index (κ3) is 7.09. The maximum absolute atomic E-state index is 14.4. The van der Waals surface area contributed by atoms with Gasteiger partial charge in [-0.3, -0.25) is 28.7 Å². The van der Waals surface area contributed by atoms with Crippen molar-refractivity contribution >= 4 is 64.6 Å². The van der Waals surface area contributed by atoms with Gasteiger partial charge in [-0.25, -0.2) is 0 Å². The van der Waals surface area contributed by atoms with E-state index in [4.69, 9.17) is 9.98 Å². The average Bonchev–Trinajstić information content (AvgIpc) is 3.20. The highest BCUT2D eigenvalue weighted by molar-refractivity contribution is 6.39. The van der Waals surface area contributed by atoms with Crippen LogP contribution in [0.15, 0.2) is 56.0 Å². The van der Waals surface area contributed by atoms with E-state index in [9.17, 15) is 19.8 Å². The Balaban J connectivity index is 1.59. The number of unbranched alkanes of at least 4 members (excludes halogenated alkanes) is 12. The number of aromatic nitrogens is 2. The van der Waals surface area contributed by atoms with Gasteiger partial charge in [0, 0.05) is 69.3 Å². The maximum Gasteiger partial charge on any atom is 0.261 e. The first-order valence-electron chi connectivity index (χ1n) is 21.8. The van der Waals surface area contributed by atoms with E-state index < -0.39 is 0 Å². The summed E-state index contributed by atoms with van der Waals surface area (Å²) in [6.45, 7) is 10.8. The first-order valence-corrected chi connectivity index (χ1v) is 21.8. The number of aromatic hydroxyl groups is 2. The molecular weight excluding hydrogens is 697 g/mol. The first kappa shape index (κ1) is 39.5. The van der Waals surface area contributed by atoms with Gasteiger partial charge in [0.1, 0.15) is 0 Å².